The molecule has 1 aromatic rings. The van der Waals surface area contributed by atoms with Crippen LogP contribution in [0.5, 0.6) is 0 Å². The molecule has 112 valence electrons. The third-order valence-corrected chi connectivity index (χ3v) is 5.60. The highest BCUT2D eigenvalue weighted by atomic mass is 79.9. The summed E-state index contributed by atoms with van der Waals surface area (Å²) in [6, 6.07) is 1.76. The molecular weight excluding hydrogens is 410 g/mol. The number of ether oxygens (including phenoxy) is 1. The van der Waals surface area contributed by atoms with Crippen LogP contribution in [0.4, 0.5) is 0 Å². The molecule has 0 aromatic carbocycles. The van der Waals surface area contributed by atoms with Crippen molar-refractivity contribution in [2.45, 2.75) is 20.8 Å². The Hall–Kier alpha value is -0.400. The molecule has 0 bridgehead atoms. The minimum absolute atomic E-state index is 0.0159. The maximum atomic E-state index is 12.5. The Morgan fingerprint density at radius 1 is 1.40 bits per heavy atom. The smallest absolute Gasteiger partial charge is 0.325 e. The van der Waals surface area contributed by atoms with Crippen LogP contribution >= 0.6 is 43.2 Å². The van der Waals surface area contributed by atoms with E-state index in [1.165, 1.54) is 16.2 Å². The van der Waals surface area contributed by atoms with Crippen LogP contribution in [0.25, 0.3) is 0 Å². The molecule has 0 aliphatic carbocycles. The van der Waals surface area contributed by atoms with Gasteiger partial charge >= 0.3 is 5.97 Å². The van der Waals surface area contributed by atoms with Crippen molar-refractivity contribution in [3.63, 3.8) is 0 Å². The third-order valence-electron chi connectivity index (χ3n) is 2.35. The fourth-order valence-electron chi connectivity index (χ4n) is 1.63. The maximum Gasteiger partial charge on any atom is 0.325 e. The fourth-order valence-corrected chi connectivity index (χ4v) is 3.63. The standard InChI is InChI=1S/C13H17Br2NO3S/c1-4-19-11(17)7-16(6-8(2)3)13(18)10-5-9(14)12(15)20-10/h5,8H,4,6-7H2,1-3H3. The van der Waals surface area contributed by atoms with Gasteiger partial charge in [-0.25, -0.2) is 0 Å². The molecule has 4 nitrogen and oxygen atoms in total. The van der Waals surface area contributed by atoms with Gasteiger partial charge in [0.1, 0.15) is 6.54 Å². The Morgan fingerprint density at radius 3 is 2.50 bits per heavy atom. The number of esters is 1. The number of thiophene rings is 1. The van der Waals surface area contributed by atoms with E-state index >= 15 is 0 Å². The van der Waals surface area contributed by atoms with Gasteiger partial charge in [0.05, 0.1) is 15.3 Å². The molecule has 0 unspecified atom stereocenters. The Kier molecular flexibility index (Phi) is 7.19. The average Bonchev–Trinajstić information content (AvgIpc) is 2.67. The van der Waals surface area contributed by atoms with E-state index in [4.69, 9.17) is 4.74 Å². The van der Waals surface area contributed by atoms with Gasteiger partial charge < -0.3 is 9.64 Å². The van der Waals surface area contributed by atoms with E-state index in [1.54, 1.807) is 13.0 Å². The van der Waals surface area contributed by atoms with E-state index in [9.17, 15) is 9.59 Å². The summed E-state index contributed by atoms with van der Waals surface area (Å²) in [6.07, 6.45) is 0. The topological polar surface area (TPSA) is 46.6 Å². The van der Waals surface area contributed by atoms with E-state index in [2.05, 4.69) is 31.9 Å². The van der Waals surface area contributed by atoms with Crippen LogP contribution in [-0.2, 0) is 9.53 Å². The lowest BCUT2D eigenvalue weighted by molar-refractivity contribution is -0.143. The molecule has 0 saturated carbocycles. The van der Waals surface area contributed by atoms with Gasteiger partial charge in [-0.3, -0.25) is 9.59 Å². The molecule has 1 rings (SSSR count). The summed E-state index contributed by atoms with van der Waals surface area (Å²) in [5, 5.41) is 0. The minimum atomic E-state index is -0.379. The number of carbonyl (C=O) groups excluding carboxylic acids is 2. The largest absolute Gasteiger partial charge is 0.465 e. The summed E-state index contributed by atoms with van der Waals surface area (Å²) in [6.45, 7) is 6.58. The first-order valence-corrected chi connectivity index (χ1v) is 8.65. The Morgan fingerprint density at radius 2 is 2.05 bits per heavy atom. The molecule has 20 heavy (non-hydrogen) atoms. The van der Waals surface area contributed by atoms with Crippen LogP contribution in [0.1, 0.15) is 30.4 Å². The van der Waals surface area contributed by atoms with E-state index in [-0.39, 0.29) is 24.3 Å². The molecule has 0 fully saturated rings. The minimum Gasteiger partial charge on any atom is -0.465 e. The lowest BCUT2D eigenvalue weighted by Gasteiger charge is -2.23. The van der Waals surface area contributed by atoms with E-state index < -0.39 is 0 Å². The number of rotatable bonds is 6. The van der Waals surface area contributed by atoms with Crippen LogP contribution in [0.15, 0.2) is 14.3 Å². The molecule has 0 saturated heterocycles. The number of hydrogen-bond donors (Lipinski definition) is 0. The van der Waals surface area contributed by atoms with Crippen molar-refractivity contribution < 1.29 is 14.3 Å². The zero-order chi connectivity index (χ0) is 15.3. The molecular formula is C13H17Br2NO3S. The van der Waals surface area contributed by atoms with Gasteiger partial charge in [-0.15, -0.1) is 11.3 Å². The molecule has 1 heterocycles. The summed E-state index contributed by atoms with van der Waals surface area (Å²) in [5.41, 5.74) is 0. The van der Waals surface area contributed by atoms with Crippen molar-refractivity contribution in [1.82, 2.24) is 4.90 Å². The summed E-state index contributed by atoms with van der Waals surface area (Å²) in [4.78, 5) is 26.2. The molecule has 7 heteroatoms. The first kappa shape index (κ1) is 17.7. The monoisotopic (exact) mass is 425 g/mol. The molecule has 0 N–H and O–H groups in total. The summed E-state index contributed by atoms with van der Waals surface area (Å²) >= 11 is 8.08. The highest BCUT2D eigenvalue weighted by Crippen LogP contribution is 2.33. The maximum absolute atomic E-state index is 12.5. The number of halogens is 2. The van der Waals surface area contributed by atoms with Gasteiger partial charge in [-0.1, -0.05) is 13.8 Å². The number of carbonyl (C=O) groups is 2. The fraction of sp³-hybridized carbons (Fsp3) is 0.538. The van der Waals surface area contributed by atoms with Crippen LogP contribution in [-0.4, -0.2) is 36.5 Å². The highest BCUT2D eigenvalue weighted by molar-refractivity contribution is 9.13. The van der Waals surface area contributed by atoms with Crippen LogP contribution in [0.3, 0.4) is 0 Å². The van der Waals surface area contributed by atoms with Crippen LogP contribution in [0, 0.1) is 5.92 Å². The van der Waals surface area contributed by atoms with Gasteiger partial charge in [0.15, 0.2) is 0 Å². The Balaban J connectivity index is 2.86. The lowest BCUT2D eigenvalue weighted by Crippen LogP contribution is -2.38. The number of amides is 1. The van der Waals surface area contributed by atoms with E-state index in [1.807, 2.05) is 13.8 Å². The van der Waals surface area contributed by atoms with Gasteiger partial charge in [0, 0.05) is 11.0 Å². The molecule has 0 aliphatic rings. The predicted molar refractivity (Wildman–Crippen MR) is 87.1 cm³/mol. The number of hydrogen-bond acceptors (Lipinski definition) is 4. The van der Waals surface area contributed by atoms with E-state index in [0.717, 1.165) is 8.26 Å². The van der Waals surface area contributed by atoms with E-state index in [0.29, 0.717) is 18.0 Å². The lowest BCUT2D eigenvalue weighted by atomic mass is 10.2. The second-order valence-electron chi connectivity index (χ2n) is 4.62. The second-order valence-corrected chi connectivity index (χ2v) is 7.84. The number of nitrogens with zero attached hydrogens (tertiary/aromatic N) is 1. The molecule has 0 spiro atoms. The zero-order valence-electron chi connectivity index (χ0n) is 11.6. The van der Waals surface area contributed by atoms with Crippen molar-refractivity contribution in [3.8, 4) is 0 Å². The second kappa shape index (κ2) is 8.14. The van der Waals surface area contributed by atoms with Gasteiger partial charge in [-0.2, -0.15) is 0 Å². The predicted octanol–water partition coefficient (Wildman–Crippen LogP) is 3.93. The normalized spacial score (nSPS) is 10.7. The molecule has 0 aliphatic heterocycles. The summed E-state index contributed by atoms with van der Waals surface area (Å²) in [5.74, 6) is -0.250. The SMILES string of the molecule is CCOC(=O)CN(CC(C)C)C(=O)c1cc(Br)c(Br)s1. The first-order chi connectivity index (χ1) is 9.35. The van der Waals surface area contributed by atoms with Gasteiger partial charge in [0.2, 0.25) is 0 Å². The van der Waals surface area contributed by atoms with Crippen molar-refractivity contribution in [1.29, 1.82) is 0 Å². The Bertz CT molecular complexity index is 468. The van der Waals surface area contributed by atoms with Crippen molar-refractivity contribution >= 4 is 55.1 Å². The van der Waals surface area contributed by atoms with Gasteiger partial charge in [0.25, 0.3) is 5.91 Å². The first-order valence-electron chi connectivity index (χ1n) is 6.24. The summed E-state index contributed by atoms with van der Waals surface area (Å²) < 4.78 is 6.62. The molecule has 1 aromatic heterocycles. The molecule has 0 radical (unpaired) electrons. The van der Waals surface area contributed by atoms with Crippen LogP contribution in [0.2, 0.25) is 0 Å². The highest BCUT2D eigenvalue weighted by Gasteiger charge is 2.22. The van der Waals surface area contributed by atoms with Crippen molar-refractivity contribution in [3.05, 3.63) is 19.2 Å². The average molecular weight is 427 g/mol. The quantitative estimate of drug-likeness (QED) is 0.647. The molecule has 0 atom stereocenters. The Labute approximate surface area is 139 Å². The van der Waals surface area contributed by atoms with Gasteiger partial charge in [-0.05, 0) is 50.8 Å². The summed E-state index contributed by atoms with van der Waals surface area (Å²) in [7, 11) is 0. The zero-order valence-corrected chi connectivity index (χ0v) is 15.6. The van der Waals surface area contributed by atoms with Crippen molar-refractivity contribution in [2.75, 3.05) is 19.7 Å². The van der Waals surface area contributed by atoms with Crippen molar-refractivity contribution in [2.24, 2.45) is 5.92 Å². The third kappa shape index (κ3) is 5.18. The molecule has 1 amide bonds. The van der Waals surface area contributed by atoms with Crippen LogP contribution < -0.4 is 0 Å².